The van der Waals surface area contributed by atoms with E-state index in [4.69, 9.17) is 4.74 Å². The summed E-state index contributed by atoms with van der Waals surface area (Å²) in [5.41, 5.74) is -0.0656. The lowest BCUT2D eigenvalue weighted by Gasteiger charge is -2.16. The molecule has 1 aromatic rings. The molecule has 0 radical (unpaired) electrons. The molecule has 2 heterocycles. The van der Waals surface area contributed by atoms with Gasteiger partial charge in [-0.25, -0.2) is 4.98 Å². The molecule has 0 aliphatic carbocycles. The molecule has 16 heavy (non-hydrogen) atoms. The molecule has 0 saturated carbocycles. The Hall–Kier alpha value is -1.36. The normalized spacial score (nSPS) is 24.6. The summed E-state index contributed by atoms with van der Waals surface area (Å²) in [4.78, 5) is 16.0. The first kappa shape index (κ1) is 11.1. The molecule has 0 spiro atoms. The Morgan fingerprint density at radius 3 is 3.12 bits per heavy atom. The third-order valence-electron chi connectivity index (χ3n) is 2.95. The molecule has 0 amide bonds. The van der Waals surface area contributed by atoms with Gasteiger partial charge in [0.05, 0.1) is 12.1 Å². The molecule has 2 unspecified atom stereocenters. The number of nitrogens with zero attached hydrogens (tertiary/aromatic N) is 2. The first-order valence-corrected chi connectivity index (χ1v) is 5.66. The van der Waals surface area contributed by atoms with E-state index in [1.807, 2.05) is 13.8 Å². The SMILES string of the molecule is CCn1ccnc(NC2CCOC2C)c1=O. The number of anilines is 1. The van der Waals surface area contributed by atoms with Crippen molar-refractivity contribution in [3.05, 3.63) is 22.7 Å². The van der Waals surface area contributed by atoms with E-state index in [1.54, 1.807) is 17.0 Å². The topological polar surface area (TPSA) is 56.1 Å². The molecule has 1 saturated heterocycles. The van der Waals surface area contributed by atoms with Gasteiger partial charge in [0, 0.05) is 25.5 Å². The zero-order valence-corrected chi connectivity index (χ0v) is 9.64. The minimum atomic E-state index is -0.0656. The van der Waals surface area contributed by atoms with Crippen molar-refractivity contribution in [2.45, 2.75) is 39.0 Å². The van der Waals surface area contributed by atoms with Gasteiger partial charge in [0.25, 0.3) is 5.56 Å². The van der Waals surface area contributed by atoms with E-state index in [0.717, 1.165) is 13.0 Å². The third-order valence-corrected chi connectivity index (χ3v) is 2.95. The average molecular weight is 223 g/mol. The van der Waals surface area contributed by atoms with E-state index in [0.29, 0.717) is 12.4 Å². The van der Waals surface area contributed by atoms with Crippen LogP contribution in [0.4, 0.5) is 5.82 Å². The van der Waals surface area contributed by atoms with Crippen LogP contribution in [0.1, 0.15) is 20.3 Å². The molecule has 5 heteroatoms. The molecule has 0 bridgehead atoms. The van der Waals surface area contributed by atoms with Crippen molar-refractivity contribution in [2.24, 2.45) is 0 Å². The lowest BCUT2D eigenvalue weighted by molar-refractivity contribution is 0.121. The Morgan fingerprint density at radius 1 is 1.69 bits per heavy atom. The van der Waals surface area contributed by atoms with Gasteiger partial charge in [-0.2, -0.15) is 0 Å². The molecule has 88 valence electrons. The Bertz CT molecular complexity index is 416. The van der Waals surface area contributed by atoms with Crippen molar-refractivity contribution in [3.8, 4) is 0 Å². The molecular weight excluding hydrogens is 206 g/mol. The monoisotopic (exact) mass is 223 g/mol. The maximum absolute atomic E-state index is 11.9. The van der Waals surface area contributed by atoms with E-state index < -0.39 is 0 Å². The zero-order valence-electron chi connectivity index (χ0n) is 9.64. The first-order valence-electron chi connectivity index (χ1n) is 5.66. The average Bonchev–Trinajstić information content (AvgIpc) is 2.68. The summed E-state index contributed by atoms with van der Waals surface area (Å²) in [6.45, 7) is 5.35. The summed E-state index contributed by atoms with van der Waals surface area (Å²) in [5, 5.41) is 3.16. The molecule has 5 nitrogen and oxygen atoms in total. The number of aromatic nitrogens is 2. The highest BCUT2D eigenvalue weighted by Crippen LogP contribution is 2.15. The predicted molar refractivity (Wildman–Crippen MR) is 61.6 cm³/mol. The van der Waals surface area contributed by atoms with E-state index in [-0.39, 0.29) is 17.7 Å². The van der Waals surface area contributed by atoms with Gasteiger partial charge in [0.1, 0.15) is 0 Å². The van der Waals surface area contributed by atoms with Crippen LogP contribution in [0.2, 0.25) is 0 Å². The summed E-state index contributed by atoms with van der Waals surface area (Å²) < 4.78 is 7.07. The quantitative estimate of drug-likeness (QED) is 0.825. The number of hydrogen-bond donors (Lipinski definition) is 1. The summed E-state index contributed by atoms with van der Waals surface area (Å²) in [6.07, 6.45) is 4.40. The van der Waals surface area contributed by atoms with Gasteiger partial charge in [-0.3, -0.25) is 4.79 Å². The molecule has 0 aromatic carbocycles. The molecule has 1 aliphatic rings. The van der Waals surface area contributed by atoms with Gasteiger partial charge >= 0.3 is 0 Å². The Kier molecular flexibility index (Phi) is 3.24. The molecular formula is C11H17N3O2. The van der Waals surface area contributed by atoms with Crippen molar-refractivity contribution >= 4 is 5.82 Å². The maximum atomic E-state index is 11.9. The highest BCUT2D eigenvalue weighted by atomic mass is 16.5. The maximum Gasteiger partial charge on any atom is 0.293 e. The van der Waals surface area contributed by atoms with Crippen LogP contribution in [0.5, 0.6) is 0 Å². The van der Waals surface area contributed by atoms with Crippen LogP contribution >= 0.6 is 0 Å². The lowest BCUT2D eigenvalue weighted by atomic mass is 10.1. The fourth-order valence-corrected chi connectivity index (χ4v) is 1.89. The van der Waals surface area contributed by atoms with Crippen LogP contribution in [-0.2, 0) is 11.3 Å². The highest BCUT2D eigenvalue weighted by molar-refractivity contribution is 5.33. The largest absolute Gasteiger partial charge is 0.376 e. The highest BCUT2D eigenvalue weighted by Gasteiger charge is 2.25. The summed E-state index contributed by atoms with van der Waals surface area (Å²) in [7, 11) is 0. The van der Waals surface area contributed by atoms with Crippen molar-refractivity contribution in [2.75, 3.05) is 11.9 Å². The standard InChI is InChI=1S/C11H17N3O2/c1-3-14-6-5-12-10(11(14)15)13-9-4-7-16-8(9)2/h5-6,8-9H,3-4,7H2,1-2H3,(H,12,13). The third kappa shape index (κ3) is 2.09. The van der Waals surface area contributed by atoms with Gasteiger partial charge in [0.2, 0.25) is 0 Å². The Balaban J connectivity index is 2.18. The Labute approximate surface area is 94.5 Å². The van der Waals surface area contributed by atoms with Crippen LogP contribution in [0.25, 0.3) is 0 Å². The summed E-state index contributed by atoms with van der Waals surface area (Å²) in [6, 6.07) is 0.188. The second-order valence-electron chi connectivity index (χ2n) is 3.98. The Morgan fingerprint density at radius 2 is 2.50 bits per heavy atom. The minimum absolute atomic E-state index is 0.0656. The summed E-state index contributed by atoms with van der Waals surface area (Å²) >= 11 is 0. The number of ether oxygens (including phenoxy) is 1. The van der Waals surface area contributed by atoms with Gasteiger partial charge in [0.15, 0.2) is 5.82 Å². The molecule has 2 atom stereocenters. The van der Waals surface area contributed by atoms with Crippen molar-refractivity contribution < 1.29 is 4.74 Å². The zero-order chi connectivity index (χ0) is 11.5. The van der Waals surface area contributed by atoms with E-state index in [2.05, 4.69) is 10.3 Å². The fourth-order valence-electron chi connectivity index (χ4n) is 1.89. The van der Waals surface area contributed by atoms with Gasteiger partial charge in [-0.1, -0.05) is 0 Å². The molecule has 1 N–H and O–H groups in total. The molecule has 1 aromatic heterocycles. The fraction of sp³-hybridized carbons (Fsp3) is 0.636. The van der Waals surface area contributed by atoms with Gasteiger partial charge in [-0.05, 0) is 20.3 Å². The minimum Gasteiger partial charge on any atom is -0.376 e. The van der Waals surface area contributed by atoms with Crippen LogP contribution < -0.4 is 10.9 Å². The van der Waals surface area contributed by atoms with Crippen molar-refractivity contribution in [1.82, 2.24) is 9.55 Å². The predicted octanol–water partition coefficient (Wildman–Crippen LogP) is 0.852. The lowest BCUT2D eigenvalue weighted by Crippen LogP contribution is -2.32. The van der Waals surface area contributed by atoms with E-state index in [9.17, 15) is 4.79 Å². The van der Waals surface area contributed by atoms with Crippen LogP contribution in [0.3, 0.4) is 0 Å². The molecule has 2 rings (SSSR count). The smallest absolute Gasteiger partial charge is 0.293 e. The molecule has 1 aliphatic heterocycles. The second kappa shape index (κ2) is 4.65. The number of hydrogen-bond acceptors (Lipinski definition) is 4. The van der Waals surface area contributed by atoms with Gasteiger partial charge in [-0.15, -0.1) is 0 Å². The number of rotatable bonds is 3. The summed E-state index contributed by atoms with van der Waals surface area (Å²) in [5.74, 6) is 0.423. The number of aryl methyl sites for hydroxylation is 1. The van der Waals surface area contributed by atoms with Crippen LogP contribution in [0.15, 0.2) is 17.2 Å². The first-order chi connectivity index (χ1) is 7.72. The van der Waals surface area contributed by atoms with Gasteiger partial charge < -0.3 is 14.6 Å². The number of nitrogens with one attached hydrogen (secondary N) is 1. The van der Waals surface area contributed by atoms with Crippen molar-refractivity contribution in [3.63, 3.8) is 0 Å². The van der Waals surface area contributed by atoms with Crippen molar-refractivity contribution in [1.29, 1.82) is 0 Å². The van der Waals surface area contributed by atoms with E-state index in [1.165, 1.54) is 0 Å². The van der Waals surface area contributed by atoms with E-state index >= 15 is 0 Å². The van der Waals surface area contributed by atoms with Crippen LogP contribution in [-0.4, -0.2) is 28.3 Å². The van der Waals surface area contributed by atoms with Crippen LogP contribution in [0, 0.1) is 0 Å². The molecule has 1 fully saturated rings. The second-order valence-corrected chi connectivity index (χ2v) is 3.98.